The lowest BCUT2D eigenvalue weighted by Gasteiger charge is -2.29. The van der Waals surface area contributed by atoms with Crippen molar-refractivity contribution in [2.24, 2.45) is 11.3 Å². The summed E-state index contributed by atoms with van der Waals surface area (Å²) in [5.74, 6) is 1.01. The van der Waals surface area contributed by atoms with E-state index in [1.54, 1.807) is 0 Å². The molecule has 0 unspecified atom stereocenters. The Hall–Kier alpha value is 0. The van der Waals surface area contributed by atoms with Gasteiger partial charge < -0.3 is 0 Å². The zero-order chi connectivity index (χ0) is 13.3. The van der Waals surface area contributed by atoms with Crippen LogP contribution >= 0.6 is 0 Å². The third kappa shape index (κ3) is 7.44. The smallest absolute Gasteiger partial charge is 0.0354 e. The Bertz CT molecular complexity index is 180. The molecule has 0 heteroatoms. The lowest BCUT2D eigenvalue weighted by Crippen LogP contribution is -2.16. The van der Waals surface area contributed by atoms with Crippen LogP contribution in [-0.4, -0.2) is 0 Å². The van der Waals surface area contributed by atoms with Crippen molar-refractivity contribution in [3.63, 3.8) is 0 Å². The zero-order valence-corrected chi connectivity index (χ0v) is 13.3. The first-order valence-electron chi connectivity index (χ1n) is 8.64. The predicted molar refractivity (Wildman–Crippen MR) is 83.0 cm³/mol. The molecule has 0 aromatic rings. The van der Waals surface area contributed by atoms with Crippen LogP contribution in [0.15, 0.2) is 0 Å². The van der Waals surface area contributed by atoms with Crippen LogP contribution in [-0.2, 0) is 0 Å². The van der Waals surface area contributed by atoms with Gasteiger partial charge in [0.25, 0.3) is 0 Å². The zero-order valence-electron chi connectivity index (χ0n) is 13.3. The molecule has 1 fully saturated rings. The van der Waals surface area contributed by atoms with E-state index in [0.29, 0.717) is 5.41 Å². The van der Waals surface area contributed by atoms with E-state index in [1.165, 1.54) is 83.5 Å². The fourth-order valence-electron chi connectivity index (χ4n) is 3.38. The largest absolute Gasteiger partial charge is 0.0649 e. The molecule has 0 radical (unpaired) electrons. The maximum atomic E-state index is 2.46. The fraction of sp³-hybridized carbons (Fsp3) is 1.00. The molecule has 1 rings (SSSR count). The molecule has 0 spiro atoms. The van der Waals surface area contributed by atoms with Crippen molar-refractivity contribution in [1.82, 2.24) is 0 Å². The molecule has 1 aliphatic carbocycles. The molecule has 0 N–H and O–H groups in total. The summed E-state index contributed by atoms with van der Waals surface area (Å²) in [6.07, 6.45) is 19.2. The highest BCUT2D eigenvalue weighted by Crippen LogP contribution is 2.34. The molecule has 1 saturated carbocycles. The van der Waals surface area contributed by atoms with E-state index in [9.17, 15) is 0 Å². The van der Waals surface area contributed by atoms with Crippen molar-refractivity contribution in [3.05, 3.63) is 0 Å². The van der Waals surface area contributed by atoms with E-state index in [1.807, 2.05) is 0 Å². The molecule has 1 aliphatic rings. The second kappa shape index (κ2) is 8.99. The molecule has 18 heavy (non-hydrogen) atoms. The third-order valence-electron chi connectivity index (χ3n) is 5.02. The Morgan fingerprint density at radius 3 is 1.50 bits per heavy atom. The van der Waals surface area contributed by atoms with Gasteiger partial charge in [-0.15, -0.1) is 0 Å². The van der Waals surface area contributed by atoms with Gasteiger partial charge in [-0.2, -0.15) is 0 Å². The van der Waals surface area contributed by atoms with E-state index < -0.39 is 0 Å². The van der Waals surface area contributed by atoms with Crippen molar-refractivity contribution in [3.8, 4) is 0 Å². The van der Waals surface area contributed by atoms with E-state index in [0.717, 1.165) is 5.92 Å². The topological polar surface area (TPSA) is 0 Å². The average molecular weight is 252 g/mol. The van der Waals surface area contributed by atoms with E-state index in [2.05, 4.69) is 20.8 Å². The maximum absolute atomic E-state index is 2.46. The highest BCUT2D eigenvalue weighted by Gasteiger charge is 2.21. The summed E-state index contributed by atoms with van der Waals surface area (Å²) in [5, 5.41) is 0. The molecule has 0 saturated heterocycles. The van der Waals surface area contributed by atoms with Crippen LogP contribution < -0.4 is 0 Å². The third-order valence-corrected chi connectivity index (χ3v) is 5.02. The van der Waals surface area contributed by atoms with E-state index in [-0.39, 0.29) is 0 Å². The van der Waals surface area contributed by atoms with E-state index >= 15 is 0 Å². The number of hydrogen-bond acceptors (Lipinski definition) is 0. The summed E-state index contributed by atoms with van der Waals surface area (Å²) in [7, 11) is 0. The van der Waals surface area contributed by atoms with Crippen LogP contribution in [0.4, 0.5) is 0 Å². The van der Waals surface area contributed by atoms with Crippen molar-refractivity contribution >= 4 is 0 Å². The highest BCUT2D eigenvalue weighted by atomic mass is 14.3. The van der Waals surface area contributed by atoms with Gasteiger partial charge >= 0.3 is 0 Å². The van der Waals surface area contributed by atoms with Crippen molar-refractivity contribution in [1.29, 1.82) is 0 Å². The van der Waals surface area contributed by atoms with Crippen LogP contribution in [0.2, 0.25) is 0 Å². The molecular formula is C18H36. The average Bonchev–Trinajstić information content (AvgIpc) is 2.32. The molecule has 0 aliphatic heterocycles. The van der Waals surface area contributed by atoms with Crippen molar-refractivity contribution < 1.29 is 0 Å². The lowest BCUT2D eigenvalue weighted by atomic mass is 9.77. The van der Waals surface area contributed by atoms with Crippen LogP contribution in [0.1, 0.15) is 104 Å². The summed E-state index contributed by atoms with van der Waals surface area (Å²) in [6, 6.07) is 0. The maximum Gasteiger partial charge on any atom is -0.0354 e. The van der Waals surface area contributed by atoms with Crippen LogP contribution in [0, 0.1) is 11.3 Å². The first kappa shape index (κ1) is 16.1. The molecule has 0 amide bonds. The van der Waals surface area contributed by atoms with Gasteiger partial charge in [0.15, 0.2) is 0 Å². The van der Waals surface area contributed by atoms with Gasteiger partial charge in [0.05, 0.1) is 0 Å². The van der Waals surface area contributed by atoms with Crippen molar-refractivity contribution in [2.75, 3.05) is 0 Å². The Morgan fingerprint density at radius 2 is 1.11 bits per heavy atom. The fourth-order valence-corrected chi connectivity index (χ4v) is 3.38. The van der Waals surface area contributed by atoms with Gasteiger partial charge in [-0.1, -0.05) is 97.8 Å². The summed E-state index contributed by atoms with van der Waals surface area (Å²) in [4.78, 5) is 0. The summed E-state index contributed by atoms with van der Waals surface area (Å²) >= 11 is 0. The molecule has 0 nitrogen and oxygen atoms in total. The molecular weight excluding hydrogens is 216 g/mol. The minimum absolute atomic E-state index is 0.571. The molecule has 108 valence electrons. The van der Waals surface area contributed by atoms with Gasteiger partial charge in [-0.3, -0.25) is 0 Å². The lowest BCUT2D eigenvalue weighted by molar-refractivity contribution is 0.230. The SMILES string of the molecule is CCC(C)(C)CC1CCCCCCCCCCC1. The summed E-state index contributed by atoms with van der Waals surface area (Å²) in [5.41, 5.74) is 0.571. The number of hydrogen-bond donors (Lipinski definition) is 0. The second-order valence-electron chi connectivity index (χ2n) is 7.35. The standard InChI is InChI=1S/C18H36/c1-4-18(2,3)16-17-14-12-10-8-6-5-7-9-11-13-15-17/h17H,4-16H2,1-3H3. The van der Waals surface area contributed by atoms with Gasteiger partial charge in [-0.05, 0) is 17.8 Å². The Balaban J connectivity index is 2.36. The Morgan fingerprint density at radius 1 is 0.722 bits per heavy atom. The van der Waals surface area contributed by atoms with Gasteiger partial charge in [0.2, 0.25) is 0 Å². The summed E-state index contributed by atoms with van der Waals surface area (Å²) < 4.78 is 0. The molecule has 0 atom stereocenters. The molecule has 0 bridgehead atoms. The minimum atomic E-state index is 0.571. The second-order valence-corrected chi connectivity index (χ2v) is 7.35. The monoisotopic (exact) mass is 252 g/mol. The van der Waals surface area contributed by atoms with Gasteiger partial charge in [-0.25, -0.2) is 0 Å². The Labute approximate surface area is 116 Å². The first-order valence-corrected chi connectivity index (χ1v) is 8.64. The quantitative estimate of drug-likeness (QED) is 0.522. The number of rotatable bonds is 3. The van der Waals surface area contributed by atoms with E-state index in [4.69, 9.17) is 0 Å². The first-order chi connectivity index (χ1) is 8.64. The van der Waals surface area contributed by atoms with Crippen LogP contribution in [0.3, 0.4) is 0 Å². The van der Waals surface area contributed by atoms with Crippen molar-refractivity contribution in [2.45, 2.75) is 104 Å². The Kier molecular flexibility index (Phi) is 8.02. The van der Waals surface area contributed by atoms with Crippen LogP contribution in [0.25, 0.3) is 0 Å². The highest BCUT2D eigenvalue weighted by molar-refractivity contribution is 4.73. The van der Waals surface area contributed by atoms with Crippen LogP contribution in [0.5, 0.6) is 0 Å². The summed E-state index contributed by atoms with van der Waals surface area (Å²) in [6.45, 7) is 7.28. The molecule has 0 heterocycles. The van der Waals surface area contributed by atoms with Gasteiger partial charge in [0, 0.05) is 0 Å². The van der Waals surface area contributed by atoms with Gasteiger partial charge in [0.1, 0.15) is 0 Å². The minimum Gasteiger partial charge on any atom is -0.0649 e. The molecule has 0 aromatic carbocycles. The normalized spacial score (nSPS) is 22.2. The molecule has 0 aromatic heterocycles. The predicted octanol–water partition coefficient (Wildman–Crippen LogP) is 6.73.